The molecule has 0 spiro atoms. The average Bonchev–Trinajstić information content (AvgIpc) is 3.64. The first kappa shape index (κ1) is 40.1. The number of aliphatic hydroxyl groups excluding tert-OH is 2. The zero-order valence-electron chi connectivity index (χ0n) is 29.5. The van der Waals surface area contributed by atoms with Crippen LogP contribution in [0.2, 0.25) is 0 Å². The minimum Gasteiger partial charge on any atom is -0.462 e. The van der Waals surface area contributed by atoms with Crippen LogP contribution in [-0.4, -0.2) is 159 Å². The lowest BCUT2D eigenvalue weighted by molar-refractivity contribution is -0.121. The standard InChI is InChI=1S/C17H27N3O5.C17H29N3O4/c1-3-25-17(23)16-12(2)9-18-14(16)8-15(22)19-10-13(21)11-20-4-6-24-7-5-20;1-3-24-17(22)16-13(2)10-19-15(16)4-5-18-11-14(21)12-20-6-8-23-9-7-20/h9,13,18,21H,3-8,10-11H2,1-2H3,(H,19,22);10,14,18-19,21H,3-9,11-12H2,1-2H3. The van der Waals surface area contributed by atoms with Gasteiger partial charge in [0.1, 0.15) is 0 Å². The van der Waals surface area contributed by atoms with Crippen molar-refractivity contribution in [3.63, 3.8) is 0 Å². The van der Waals surface area contributed by atoms with Gasteiger partial charge >= 0.3 is 11.9 Å². The van der Waals surface area contributed by atoms with Crippen molar-refractivity contribution in [2.24, 2.45) is 0 Å². The zero-order chi connectivity index (χ0) is 35.6. The van der Waals surface area contributed by atoms with Crippen LogP contribution in [-0.2, 0) is 36.6 Å². The van der Waals surface area contributed by atoms with Gasteiger partial charge in [0.2, 0.25) is 5.91 Å². The molecule has 2 aromatic rings. The van der Waals surface area contributed by atoms with Crippen LogP contribution in [0.4, 0.5) is 0 Å². The van der Waals surface area contributed by atoms with E-state index in [-0.39, 0.29) is 31.4 Å². The highest BCUT2D eigenvalue weighted by Crippen LogP contribution is 2.16. The van der Waals surface area contributed by atoms with Crippen molar-refractivity contribution in [3.05, 3.63) is 46.0 Å². The van der Waals surface area contributed by atoms with Crippen molar-refractivity contribution in [2.75, 3.05) is 98.5 Å². The van der Waals surface area contributed by atoms with Crippen LogP contribution in [0.1, 0.15) is 57.1 Å². The topological polar surface area (TPSA) is 191 Å². The molecule has 6 N–H and O–H groups in total. The van der Waals surface area contributed by atoms with E-state index >= 15 is 0 Å². The highest BCUT2D eigenvalue weighted by atomic mass is 16.5. The lowest BCUT2D eigenvalue weighted by Gasteiger charge is -2.28. The van der Waals surface area contributed by atoms with E-state index < -0.39 is 18.2 Å². The van der Waals surface area contributed by atoms with E-state index in [9.17, 15) is 24.6 Å². The highest BCUT2D eigenvalue weighted by Gasteiger charge is 2.21. The van der Waals surface area contributed by atoms with Gasteiger partial charge in [-0.2, -0.15) is 0 Å². The Kier molecular flexibility index (Phi) is 17.8. The van der Waals surface area contributed by atoms with Gasteiger partial charge in [-0.15, -0.1) is 0 Å². The van der Waals surface area contributed by atoms with E-state index in [2.05, 4.69) is 30.4 Å². The lowest BCUT2D eigenvalue weighted by atomic mass is 10.1. The molecule has 2 unspecified atom stereocenters. The third-order valence-electron chi connectivity index (χ3n) is 8.23. The molecule has 2 aromatic heterocycles. The molecule has 1 amide bonds. The van der Waals surface area contributed by atoms with E-state index in [0.717, 1.165) is 56.2 Å². The molecule has 2 saturated heterocycles. The minimum absolute atomic E-state index is 0.0340. The number of hydrogen-bond donors (Lipinski definition) is 6. The van der Waals surface area contributed by atoms with Gasteiger partial charge < -0.3 is 49.8 Å². The fourth-order valence-corrected chi connectivity index (χ4v) is 5.70. The number of aliphatic hydroxyl groups is 2. The Morgan fingerprint density at radius 3 is 1.78 bits per heavy atom. The molecule has 15 heteroatoms. The molecule has 2 fully saturated rings. The van der Waals surface area contributed by atoms with E-state index in [1.807, 2.05) is 13.1 Å². The van der Waals surface area contributed by atoms with Crippen LogP contribution in [0.5, 0.6) is 0 Å². The third kappa shape index (κ3) is 13.8. The Labute approximate surface area is 289 Å². The summed E-state index contributed by atoms with van der Waals surface area (Å²) >= 11 is 0. The first-order valence-corrected chi connectivity index (χ1v) is 17.2. The number of morpholine rings is 2. The number of esters is 2. The Balaban J connectivity index is 0.000000266. The van der Waals surface area contributed by atoms with Gasteiger partial charge in [0.25, 0.3) is 0 Å². The van der Waals surface area contributed by atoms with Crippen molar-refractivity contribution in [1.29, 1.82) is 0 Å². The van der Waals surface area contributed by atoms with Crippen molar-refractivity contribution in [3.8, 4) is 0 Å². The summed E-state index contributed by atoms with van der Waals surface area (Å²) < 4.78 is 20.7. The second-order valence-corrected chi connectivity index (χ2v) is 12.2. The molecule has 49 heavy (non-hydrogen) atoms. The summed E-state index contributed by atoms with van der Waals surface area (Å²) in [5, 5.41) is 26.1. The molecule has 4 heterocycles. The number of β-amino-alcohol motifs (C(OH)–C–C–N with tert-alkyl or cyclic N) is 2. The molecule has 0 saturated carbocycles. The van der Waals surface area contributed by atoms with Crippen LogP contribution >= 0.6 is 0 Å². The molecule has 2 atom stereocenters. The molecule has 0 aliphatic carbocycles. The summed E-state index contributed by atoms with van der Waals surface area (Å²) in [4.78, 5) is 46.5. The van der Waals surface area contributed by atoms with Crippen LogP contribution in [0, 0.1) is 13.8 Å². The molecule has 2 aliphatic heterocycles. The van der Waals surface area contributed by atoms with Crippen LogP contribution in [0.3, 0.4) is 0 Å². The zero-order valence-corrected chi connectivity index (χ0v) is 29.5. The van der Waals surface area contributed by atoms with Gasteiger partial charge in [-0.1, -0.05) is 0 Å². The molecular formula is C34H56N6O9. The van der Waals surface area contributed by atoms with Gasteiger partial charge in [0.15, 0.2) is 0 Å². The summed E-state index contributed by atoms with van der Waals surface area (Å²) in [6.45, 7) is 16.6. The van der Waals surface area contributed by atoms with Crippen molar-refractivity contribution in [1.82, 2.24) is 30.4 Å². The maximum atomic E-state index is 12.1. The molecular weight excluding hydrogens is 636 g/mol. The van der Waals surface area contributed by atoms with Crippen molar-refractivity contribution >= 4 is 17.8 Å². The van der Waals surface area contributed by atoms with Crippen LogP contribution < -0.4 is 10.6 Å². The normalized spacial score (nSPS) is 16.7. The molecule has 276 valence electrons. The Morgan fingerprint density at radius 1 is 0.796 bits per heavy atom. The van der Waals surface area contributed by atoms with Gasteiger partial charge in [-0.05, 0) is 38.8 Å². The number of rotatable bonds is 17. The fourth-order valence-electron chi connectivity index (χ4n) is 5.70. The summed E-state index contributed by atoms with van der Waals surface area (Å²) in [6, 6.07) is 0. The summed E-state index contributed by atoms with van der Waals surface area (Å²) in [5.74, 6) is -0.969. The van der Waals surface area contributed by atoms with Gasteiger partial charge in [0, 0.05) is 89.1 Å². The molecule has 15 nitrogen and oxygen atoms in total. The van der Waals surface area contributed by atoms with Crippen molar-refractivity contribution in [2.45, 2.75) is 52.7 Å². The van der Waals surface area contributed by atoms with E-state index in [0.29, 0.717) is 69.2 Å². The quantitative estimate of drug-likeness (QED) is 0.0976. The smallest absolute Gasteiger partial charge is 0.340 e. The van der Waals surface area contributed by atoms with E-state index in [1.54, 1.807) is 27.0 Å². The Morgan fingerprint density at radius 2 is 1.27 bits per heavy atom. The maximum absolute atomic E-state index is 12.1. The molecule has 4 rings (SSSR count). The maximum Gasteiger partial charge on any atom is 0.340 e. The molecule has 0 bridgehead atoms. The first-order valence-electron chi connectivity index (χ1n) is 17.2. The number of aryl methyl sites for hydroxylation is 2. The van der Waals surface area contributed by atoms with Crippen molar-refractivity contribution < 1.29 is 43.5 Å². The lowest BCUT2D eigenvalue weighted by Crippen LogP contribution is -2.44. The number of nitrogens with zero attached hydrogens (tertiary/aromatic N) is 2. The number of amides is 1. The second kappa shape index (κ2) is 21.7. The number of H-pyrrole nitrogens is 2. The number of nitrogens with one attached hydrogen (secondary N) is 4. The average molecular weight is 693 g/mol. The van der Waals surface area contributed by atoms with E-state index in [4.69, 9.17) is 18.9 Å². The number of aromatic amines is 2. The summed E-state index contributed by atoms with van der Waals surface area (Å²) in [5.41, 5.74) is 4.08. The predicted molar refractivity (Wildman–Crippen MR) is 183 cm³/mol. The van der Waals surface area contributed by atoms with Crippen LogP contribution in [0.25, 0.3) is 0 Å². The van der Waals surface area contributed by atoms with Gasteiger partial charge in [-0.3, -0.25) is 14.6 Å². The Hall–Kier alpha value is -3.31. The molecule has 0 radical (unpaired) electrons. The van der Waals surface area contributed by atoms with E-state index in [1.165, 1.54) is 0 Å². The number of ether oxygens (including phenoxy) is 4. The third-order valence-corrected chi connectivity index (χ3v) is 8.23. The molecule has 0 aromatic carbocycles. The molecule has 2 aliphatic rings. The summed E-state index contributed by atoms with van der Waals surface area (Å²) in [6.07, 6.45) is 3.19. The SMILES string of the molecule is CCOC(=O)c1c(C)c[nH]c1CC(=O)NCC(O)CN1CCOCC1.CCOC(=O)c1c(C)c[nH]c1CCNCC(O)CN1CCOCC1. The minimum atomic E-state index is -0.642. The predicted octanol–water partition coefficient (Wildman–Crippen LogP) is 0.177. The number of carbonyl (C=O) groups excluding carboxylic acids is 3. The van der Waals surface area contributed by atoms with Gasteiger partial charge in [-0.25, -0.2) is 9.59 Å². The van der Waals surface area contributed by atoms with Gasteiger partial charge in [0.05, 0.1) is 69.4 Å². The number of aromatic nitrogens is 2. The monoisotopic (exact) mass is 692 g/mol. The fraction of sp³-hybridized carbons (Fsp3) is 0.676. The van der Waals surface area contributed by atoms with Crippen LogP contribution in [0.15, 0.2) is 12.4 Å². The summed E-state index contributed by atoms with van der Waals surface area (Å²) in [7, 11) is 0. The largest absolute Gasteiger partial charge is 0.462 e. The number of carbonyl (C=O) groups is 3. The number of hydrogen-bond acceptors (Lipinski definition) is 12. The highest BCUT2D eigenvalue weighted by molar-refractivity contribution is 5.94. The Bertz CT molecular complexity index is 1290. The second-order valence-electron chi connectivity index (χ2n) is 12.2. The first-order chi connectivity index (χ1) is 23.6.